The van der Waals surface area contributed by atoms with Crippen LogP contribution in [0.2, 0.25) is 0 Å². The van der Waals surface area contributed by atoms with E-state index in [2.05, 4.69) is 62.5 Å². The minimum absolute atomic E-state index is 0.0620. The Morgan fingerprint density at radius 3 is 1.38 bits per heavy atom. The van der Waals surface area contributed by atoms with Gasteiger partial charge in [-0.3, -0.25) is 9.59 Å². The molecule has 0 saturated carbocycles. The van der Waals surface area contributed by atoms with Crippen LogP contribution in [0, 0.1) is 5.92 Å². The van der Waals surface area contributed by atoms with Gasteiger partial charge in [0.15, 0.2) is 6.29 Å². The summed E-state index contributed by atoms with van der Waals surface area (Å²) in [6.45, 7) is 3.63. The van der Waals surface area contributed by atoms with Crippen molar-refractivity contribution in [2.45, 2.75) is 199 Å². The van der Waals surface area contributed by atoms with E-state index in [1.165, 1.54) is 51.4 Å². The molecule has 0 amide bonds. The molecule has 324 valence electrons. The zero-order chi connectivity index (χ0) is 40.9. The quantitative estimate of drug-likeness (QED) is 0.0275. The van der Waals surface area contributed by atoms with E-state index in [1.54, 1.807) is 0 Å². The third-order valence-electron chi connectivity index (χ3n) is 9.97. The fourth-order valence-corrected chi connectivity index (χ4v) is 6.31. The van der Waals surface area contributed by atoms with Gasteiger partial charge in [0.25, 0.3) is 0 Å². The largest absolute Gasteiger partial charge is 0.465 e. The highest BCUT2D eigenvalue weighted by Crippen LogP contribution is 2.23. The number of carbonyl (C=O) groups is 2. The predicted octanol–water partition coefficient (Wildman–Crippen LogP) is 9.13. The molecule has 1 heterocycles. The number of ether oxygens (including phenoxy) is 4. The average molecular weight is 793 g/mol. The number of esters is 2. The Labute approximate surface area is 339 Å². The highest BCUT2D eigenvalue weighted by molar-refractivity contribution is 5.69. The molecular formula is C46H80O10. The van der Waals surface area contributed by atoms with Gasteiger partial charge in [-0.05, 0) is 77.0 Å². The molecule has 0 bridgehead atoms. The van der Waals surface area contributed by atoms with Crippen LogP contribution in [-0.4, -0.2) is 89.5 Å². The van der Waals surface area contributed by atoms with Crippen molar-refractivity contribution in [2.24, 2.45) is 5.92 Å². The Balaban J connectivity index is 2.36. The second-order valence-electron chi connectivity index (χ2n) is 15.2. The Morgan fingerprint density at radius 2 is 0.946 bits per heavy atom. The molecule has 0 radical (unpaired) electrons. The topological polar surface area (TPSA) is 152 Å². The van der Waals surface area contributed by atoms with Gasteiger partial charge in [-0.25, -0.2) is 0 Å². The fraction of sp³-hybridized carbons (Fsp3) is 0.783. The van der Waals surface area contributed by atoms with Crippen molar-refractivity contribution in [1.29, 1.82) is 0 Å². The lowest BCUT2D eigenvalue weighted by Gasteiger charge is -2.39. The first kappa shape index (κ1) is 51.7. The Hall–Kier alpha value is -2.34. The molecule has 0 aromatic rings. The lowest BCUT2D eigenvalue weighted by atomic mass is 9.99. The van der Waals surface area contributed by atoms with E-state index in [-0.39, 0.29) is 44.6 Å². The van der Waals surface area contributed by atoms with E-state index in [9.17, 15) is 30.0 Å². The molecule has 1 aliphatic heterocycles. The Morgan fingerprint density at radius 1 is 0.536 bits per heavy atom. The van der Waals surface area contributed by atoms with Gasteiger partial charge in [0.05, 0.1) is 32.3 Å². The molecule has 0 aromatic heterocycles. The normalized spacial score (nSPS) is 20.4. The molecule has 1 saturated heterocycles. The van der Waals surface area contributed by atoms with E-state index in [0.717, 1.165) is 89.9 Å². The van der Waals surface area contributed by atoms with Crippen LogP contribution in [0.25, 0.3) is 0 Å². The number of allylic oxidation sites excluding steroid dienone is 8. The van der Waals surface area contributed by atoms with E-state index in [1.807, 2.05) is 0 Å². The van der Waals surface area contributed by atoms with Crippen LogP contribution in [0.1, 0.15) is 168 Å². The molecule has 1 rings (SSSR count). The summed E-state index contributed by atoms with van der Waals surface area (Å²) < 4.78 is 22.2. The number of hydrogen-bond donors (Lipinski definition) is 4. The van der Waals surface area contributed by atoms with Crippen LogP contribution < -0.4 is 0 Å². The first-order valence-corrected chi connectivity index (χ1v) is 22.2. The van der Waals surface area contributed by atoms with E-state index in [4.69, 9.17) is 18.9 Å². The van der Waals surface area contributed by atoms with Crippen molar-refractivity contribution < 1.29 is 49.0 Å². The molecule has 5 atom stereocenters. The van der Waals surface area contributed by atoms with E-state index < -0.39 is 43.2 Å². The van der Waals surface area contributed by atoms with Crippen LogP contribution in [0.15, 0.2) is 48.6 Å². The van der Waals surface area contributed by atoms with Crippen molar-refractivity contribution >= 4 is 11.9 Å². The number of unbranched alkanes of at least 4 members (excludes halogenated alkanes) is 16. The molecule has 0 aromatic carbocycles. The number of hydrogen-bond acceptors (Lipinski definition) is 10. The van der Waals surface area contributed by atoms with Crippen LogP contribution in [0.4, 0.5) is 0 Å². The first-order chi connectivity index (χ1) is 27.3. The standard InChI is InChI=1S/C46H80O10/c1-3-5-7-9-11-13-15-17-19-21-23-25-27-29-31-33-41(48)53-36-39(38-55-46-45(52)44(51)43(50)40(35-47)56-46)37-54-42(49)34-32-30-28-26-24-22-20-18-16-14-12-10-8-6-4-2/h11-14,17-20,39-40,43-47,50-52H,3-10,15-16,21-38H2,1-2H3/b13-11-,14-12-,19-17-,20-18-/t40-,43-,44+,45-,46-/m1/s1. The van der Waals surface area contributed by atoms with Gasteiger partial charge >= 0.3 is 11.9 Å². The highest BCUT2D eigenvalue weighted by atomic mass is 16.7. The predicted molar refractivity (Wildman–Crippen MR) is 224 cm³/mol. The second-order valence-corrected chi connectivity index (χ2v) is 15.2. The molecule has 56 heavy (non-hydrogen) atoms. The van der Waals surface area contributed by atoms with Crippen molar-refractivity contribution in [1.82, 2.24) is 0 Å². The van der Waals surface area contributed by atoms with Crippen LogP contribution in [0.5, 0.6) is 0 Å². The van der Waals surface area contributed by atoms with Crippen molar-refractivity contribution in [2.75, 3.05) is 26.4 Å². The van der Waals surface area contributed by atoms with Gasteiger partial charge in [0, 0.05) is 12.8 Å². The zero-order valence-corrected chi connectivity index (χ0v) is 35.1. The minimum Gasteiger partial charge on any atom is -0.465 e. The SMILES string of the molecule is CCCCC/C=C\C/C=C\CCCCCCCC(=O)OCC(COC(=O)CCCCCCC/C=C\C/C=C\CCCCC)CO[C@@H]1O[C@H](CO)[C@@H](O)[C@H](O)[C@H]1O. The van der Waals surface area contributed by atoms with Crippen LogP contribution in [0.3, 0.4) is 0 Å². The van der Waals surface area contributed by atoms with E-state index in [0.29, 0.717) is 0 Å². The third kappa shape index (κ3) is 28.1. The minimum atomic E-state index is -1.58. The maximum atomic E-state index is 12.6. The maximum absolute atomic E-state index is 12.6. The molecule has 10 nitrogen and oxygen atoms in total. The van der Waals surface area contributed by atoms with Gasteiger partial charge in [-0.1, -0.05) is 127 Å². The van der Waals surface area contributed by atoms with Gasteiger partial charge in [-0.2, -0.15) is 0 Å². The summed E-state index contributed by atoms with van der Waals surface area (Å²) in [7, 11) is 0. The van der Waals surface area contributed by atoms with Crippen molar-refractivity contribution in [3.05, 3.63) is 48.6 Å². The zero-order valence-electron chi connectivity index (χ0n) is 35.1. The third-order valence-corrected chi connectivity index (χ3v) is 9.97. The van der Waals surface area contributed by atoms with Gasteiger partial charge in [0.1, 0.15) is 24.4 Å². The number of aliphatic hydroxyl groups excluding tert-OH is 4. The molecule has 1 aliphatic rings. The lowest BCUT2D eigenvalue weighted by molar-refractivity contribution is -0.304. The summed E-state index contributed by atoms with van der Waals surface area (Å²) in [6, 6.07) is 0. The summed E-state index contributed by atoms with van der Waals surface area (Å²) in [5, 5.41) is 40.1. The van der Waals surface area contributed by atoms with Crippen LogP contribution >= 0.6 is 0 Å². The summed E-state index contributed by atoms with van der Waals surface area (Å²) in [5.41, 5.74) is 0. The highest BCUT2D eigenvalue weighted by Gasteiger charge is 2.44. The van der Waals surface area contributed by atoms with Gasteiger partial charge in [0.2, 0.25) is 0 Å². The van der Waals surface area contributed by atoms with Crippen LogP contribution in [-0.2, 0) is 28.5 Å². The lowest BCUT2D eigenvalue weighted by Crippen LogP contribution is -2.59. The molecule has 10 heteroatoms. The van der Waals surface area contributed by atoms with Crippen molar-refractivity contribution in [3.8, 4) is 0 Å². The summed E-state index contributed by atoms with van der Waals surface area (Å²) >= 11 is 0. The number of aliphatic hydroxyl groups is 4. The monoisotopic (exact) mass is 793 g/mol. The summed E-state index contributed by atoms with van der Waals surface area (Å²) in [6.07, 6.45) is 35.5. The number of rotatable bonds is 36. The molecule has 4 N–H and O–H groups in total. The average Bonchev–Trinajstić information content (AvgIpc) is 3.20. The first-order valence-electron chi connectivity index (χ1n) is 22.2. The smallest absolute Gasteiger partial charge is 0.305 e. The molecule has 0 aliphatic carbocycles. The molecule has 1 fully saturated rings. The molecule has 0 unspecified atom stereocenters. The van der Waals surface area contributed by atoms with Crippen molar-refractivity contribution in [3.63, 3.8) is 0 Å². The Kier molecular flexibility index (Phi) is 34.1. The summed E-state index contributed by atoms with van der Waals surface area (Å²) in [4.78, 5) is 25.1. The van der Waals surface area contributed by atoms with Gasteiger partial charge in [-0.15, -0.1) is 0 Å². The second kappa shape index (κ2) is 37.0. The molecule has 0 spiro atoms. The molecular weight excluding hydrogens is 712 g/mol. The Bertz CT molecular complexity index is 993. The number of carbonyl (C=O) groups excluding carboxylic acids is 2. The maximum Gasteiger partial charge on any atom is 0.305 e. The fourth-order valence-electron chi connectivity index (χ4n) is 6.31. The van der Waals surface area contributed by atoms with E-state index >= 15 is 0 Å². The van der Waals surface area contributed by atoms with Gasteiger partial charge < -0.3 is 39.4 Å². The summed E-state index contributed by atoms with van der Waals surface area (Å²) in [5.74, 6) is -1.24.